The molecule has 1 aliphatic heterocycles. The van der Waals surface area contributed by atoms with Gasteiger partial charge in [-0.3, -0.25) is 0 Å². The van der Waals surface area contributed by atoms with Gasteiger partial charge in [0.1, 0.15) is 5.82 Å². The molecule has 2 aromatic rings. The van der Waals surface area contributed by atoms with Gasteiger partial charge in [0.25, 0.3) is 0 Å². The summed E-state index contributed by atoms with van der Waals surface area (Å²) in [7, 11) is -3.14. The van der Waals surface area contributed by atoms with Crippen molar-refractivity contribution in [1.82, 2.24) is 19.1 Å². The van der Waals surface area contributed by atoms with Crippen molar-refractivity contribution in [2.24, 2.45) is 5.92 Å². The minimum atomic E-state index is -3.14. The monoisotopic (exact) mass is 392 g/mol. The van der Waals surface area contributed by atoms with Crippen LogP contribution in [0.3, 0.4) is 0 Å². The number of nitrogens with one attached hydrogen (secondary N) is 1. The van der Waals surface area contributed by atoms with E-state index in [4.69, 9.17) is 0 Å². The van der Waals surface area contributed by atoms with E-state index in [2.05, 4.69) is 10.2 Å². The lowest BCUT2D eigenvalue weighted by Gasteiger charge is -2.31. The maximum Gasteiger partial charge on any atom is 0.347 e. The van der Waals surface area contributed by atoms with Crippen LogP contribution in [0, 0.1) is 12.8 Å². The molecule has 1 N–H and O–H groups in total. The van der Waals surface area contributed by atoms with Crippen LogP contribution in [0.1, 0.15) is 44.0 Å². The molecule has 1 saturated heterocycles. The van der Waals surface area contributed by atoms with Crippen molar-refractivity contribution in [3.8, 4) is 5.69 Å². The topological polar surface area (TPSA) is 88.1 Å². The Labute approximate surface area is 160 Å². The fourth-order valence-electron chi connectivity index (χ4n) is 3.63. The molecule has 0 radical (unpaired) electrons. The van der Waals surface area contributed by atoms with E-state index in [0.717, 1.165) is 30.5 Å². The molecule has 2 heterocycles. The molecular weight excluding hydrogens is 364 g/mol. The first-order valence-electron chi connectivity index (χ1n) is 9.62. The number of aromatic amines is 1. The normalized spacial score (nSPS) is 16.7. The van der Waals surface area contributed by atoms with E-state index in [1.165, 1.54) is 0 Å². The molecule has 0 aliphatic carbocycles. The maximum absolute atomic E-state index is 12.4. The molecule has 8 heteroatoms. The van der Waals surface area contributed by atoms with E-state index in [1.54, 1.807) is 8.87 Å². The zero-order valence-corrected chi connectivity index (χ0v) is 16.8. The molecule has 1 aromatic carbocycles. The predicted octanol–water partition coefficient (Wildman–Crippen LogP) is 2.25. The van der Waals surface area contributed by atoms with E-state index >= 15 is 0 Å². The second kappa shape index (κ2) is 8.39. The number of unbranched alkanes of at least 4 members (excludes halogenated alkanes) is 1. The molecule has 0 atom stereocenters. The van der Waals surface area contributed by atoms with Gasteiger partial charge in [0.15, 0.2) is 0 Å². The van der Waals surface area contributed by atoms with E-state index in [1.807, 2.05) is 38.1 Å². The van der Waals surface area contributed by atoms with Crippen LogP contribution in [0.25, 0.3) is 5.69 Å². The highest BCUT2D eigenvalue weighted by Crippen LogP contribution is 2.24. The molecule has 7 nitrogen and oxygen atoms in total. The lowest BCUT2D eigenvalue weighted by molar-refractivity contribution is 0.269. The Hall–Kier alpha value is -1.93. The third kappa shape index (κ3) is 4.50. The molecule has 1 aromatic heterocycles. The van der Waals surface area contributed by atoms with Crippen LogP contribution >= 0.6 is 0 Å². The average molecular weight is 393 g/mol. The minimum Gasteiger partial charge on any atom is -0.247 e. The van der Waals surface area contributed by atoms with Crippen molar-refractivity contribution < 1.29 is 8.42 Å². The van der Waals surface area contributed by atoms with Gasteiger partial charge in [-0.05, 0) is 43.7 Å². The second-order valence-electron chi connectivity index (χ2n) is 7.28. The number of piperidine rings is 1. The van der Waals surface area contributed by atoms with Crippen LogP contribution in [0.2, 0.25) is 0 Å². The second-order valence-corrected chi connectivity index (χ2v) is 9.37. The molecule has 1 fully saturated rings. The SMILES string of the molecule is CCCCS(=O)(=O)N1CCC(Cc2n[nH]c(=O)n2-c2ccccc2C)CC1. The van der Waals surface area contributed by atoms with Crippen molar-refractivity contribution in [3.63, 3.8) is 0 Å². The number of benzene rings is 1. The summed E-state index contributed by atoms with van der Waals surface area (Å²) in [6, 6.07) is 7.74. The zero-order valence-electron chi connectivity index (χ0n) is 16.0. The summed E-state index contributed by atoms with van der Waals surface area (Å²) in [5, 5.41) is 6.79. The summed E-state index contributed by atoms with van der Waals surface area (Å²) in [6.07, 6.45) is 3.83. The summed E-state index contributed by atoms with van der Waals surface area (Å²) in [5.41, 5.74) is 1.61. The molecule has 0 bridgehead atoms. The van der Waals surface area contributed by atoms with Crippen LogP contribution in [-0.2, 0) is 16.4 Å². The largest absolute Gasteiger partial charge is 0.347 e. The fraction of sp³-hybridized carbons (Fsp3) is 0.579. The maximum atomic E-state index is 12.4. The Morgan fingerprint density at radius 3 is 2.59 bits per heavy atom. The first kappa shape index (κ1) is 19.8. The van der Waals surface area contributed by atoms with Crippen LogP contribution in [0.15, 0.2) is 29.1 Å². The van der Waals surface area contributed by atoms with Crippen molar-refractivity contribution in [2.75, 3.05) is 18.8 Å². The number of aryl methyl sites for hydroxylation is 1. The molecule has 0 spiro atoms. The summed E-state index contributed by atoms with van der Waals surface area (Å²) in [5.74, 6) is 1.27. The molecule has 3 rings (SSSR count). The third-order valence-electron chi connectivity index (χ3n) is 5.29. The molecule has 0 amide bonds. The van der Waals surface area contributed by atoms with Crippen molar-refractivity contribution in [1.29, 1.82) is 0 Å². The van der Waals surface area contributed by atoms with Gasteiger partial charge in [-0.2, -0.15) is 5.10 Å². The molecule has 148 valence electrons. The van der Waals surface area contributed by atoms with Gasteiger partial charge in [0.05, 0.1) is 11.4 Å². The molecule has 0 saturated carbocycles. The average Bonchev–Trinajstić information content (AvgIpc) is 3.01. The van der Waals surface area contributed by atoms with E-state index in [-0.39, 0.29) is 11.4 Å². The van der Waals surface area contributed by atoms with E-state index in [9.17, 15) is 13.2 Å². The lowest BCUT2D eigenvalue weighted by Crippen LogP contribution is -2.40. The summed E-state index contributed by atoms with van der Waals surface area (Å²) < 4.78 is 28.0. The van der Waals surface area contributed by atoms with Gasteiger partial charge in [-0.1, -0.05) is 31.5 Å². The number of nitrogens with zero attached hydrogens (tertiary/aromatic N) is 3. The van der Waals surface area contributed by atoms with Gasteiger partial charge in [0, 0.05) is 19.5 Å². The molecule has 1 aliphatic rings. The van der Waals surface area contributed by atoms with E-state index < -0.39 is 10.0 Å². The first-order valence-corrected chi connectivity index (χ1v) is 11.2. The Balaban J connectivity index is 1.69. The summed E-state index contributed by atoms with van der Waals surface area (Å²) >= 11 is 0. The highest BCUT2D eigenvalue weighted by atomic mass is 32.2. The molecule has 0 unspecified atom stereocenters. The van der Waals surface area contributed by atoms with Crippen molar-refractivity contribution >= 4 is 10.0 Å². The van der Waals surface area contributed by atoms with Crippen LogP contribution < -0.4 is 5.69 Å². The van der Waals surface area contributed by atoms with Gasteiger partial charge >= 0.3 is 5.69 Å². The molecule has 27 heavy (non-hydrogen) atoms. The fourth-order valence-corrected chi connectivity index (χ4v) is 5.31. The Kier molecular flexibility index (Phi) is 6.16. The predicted molar refractivity (Wildman–Crippen MR) is 106 cm³/mol. The zero-order chi connectivity index (χ0) is 19.4. The number of hydrogen-bond donors (Lipinski definition) is 1. The van der Waals surface area contributed by atoms with E-state index in [0.29, 0.717) is 37.7 Å². The van der Waals surface area contributed by atoms with Crippen LogP contribution in [0.4, 0.5) is 0 Å². The summed E-state index contributed by atoms with van der Waals surface area (Å²) in [4.78, 5) is 12.3. The van der Waals surface area contributed by atoms with Crippen molar-refractivity contribution in [3.05, 3.63) is 46.1 Å². The third-order valence-corrected chi connectivity index (χ3v) is 7.25. The van der Waals surface area contributed by atoms with Crippen molar-refractivity contribution in [2.45, 2.75) is 46.0 Å². The van der Waals surface area contributed by atoms with Gasteiger partial charge in [-0.25, -0.2) is 27.2 Å². The van der Waals surface area contributed by atoms with Gasteiger partial charge < -0.3 is 0 Å². The van der Waals surface area contributed by atoms with Crippen LogP contribution in [-0.4, -0.2) is 46.3 Å². The number of H-pyrrole nitrogens is 1. The highest BCUT2D eigenvalue weighted by molar-refractivity contribution is 7.89. The number of para-hydroxylation sites is 1. The number of aromatic nitrogens is 3. The Morgan fingerprint density at radius 1 is 1.22 bits per heavy atom. The number of hydrogen-bond acceptors (Lipinski definition) is 4. The standard InChI is InChI=1S/C19H28N4O3S/c1-3-4-13-27(25,26)22-11-9-16(10-12-22)14-18-20-21-19(24)23(18)17-8-6-5-7-15(17)2/h5-8,16H,3-4,9-14H2,1-2H3,(H,21,24). The first-order chi connectivity index (χ1) is 12.9. The number of sulfonamides is 1. The Bertz CT molecular complexity index is 924. The summed E-state index contributed by atoms with van der Waals surface area (Å²) in [6.45, 7) is 5.07. The van der Waals surface area contributed by atoms with Crippen LogP contribution in [0.5, 0.6) is 0 Å². The highest BCUT2D eigenvalue weighted by Gasteiger charge is 2.28. The lowest BCUT2D eigenvalue weighted by atomic mass is 9.94. The van der Waals surface area contributed by atoms with Gasteiger partial charge in [-0.15, -0.1) is 0 Å². The Morgan fingerprint density at radius 2 is 1.93 bits per heavy atom. The minimum absolute atomic E-state index is 0.236. The smallest absolute Gasteiger partial charge is 0.247 e. The molecular formula is C19H28N4O3S. The van der Waals surface area contributed by atoms with Gasteiger partial charge in [0.2, 0.25) is 10.0 Å². The quantitative estimate of drug-likeness (QED) is 0.783. The number of rotatable bonds is 7.